The zero-order chi connectivity index (χ0) is 20.6. The Bertz CT molecular complexity index is 599. The second-order valence-corrected chi connectivity index (χ2v) is 8.91. The van der Waals surface area contributed by atoms with Gasteiger partial charge in [0.2, 0.25) is 11.8 Å². The van der Waals surface area contributed by atoms with Gasteiger partial charge in [-0.3, -0.25) is 14.5 Å². The fourth-order valence-corrected chi connectivity index (χ4v) is 3.95. The first-order valence-corrected chi connectivity index (χ1v) is 9.59. The summed E-state index contributed by atoms with van der Waals surface area (Å²) in [5.41, 5.74) is -1.49. The van der Waals surface area contributed by atoms with Crippen LogP contribution < -0.4 is 5.32 Å². The third-order valence-electron chi connectivity index (χ3n) is 5.42. The molecule has 2 unspecified atom stereocenters. The van der Waals surface area contributed by atoms with Crippen LogP contribution in [0.15, 0.2) is 0 Å². The molecule has 0 aromatic rings. The number of carbonyl (C=O) groups excluding carboxylic acids is 3. The molecule has 2 aliphatic heterocycles. The van der Waals surface area contributed by atoms with Crippen molar-refractivity contribution >= 4 is 17.9 Å². The lowest BCUT2D eigenvalue weighted by Crippen LogP contribution is -2.72. The maximum atomic E-state index is 12.8. The van der Waals surface area contributed by atoms with E-state index in [9.17, 15) is 19.5 Å². The molecule has 2 rings (SSSR count). The number of ether oxygens (including phenoxy) is 1. The van der Waals surface area contributed by atoms with E-state index in [0.29, 0.717) is 32.2 Å². The topological polar surface area (TPSA) is 99.2 Å². The molecule has 2 heterocycles. The smallest absolute Gasteiger partial charge is 0.411 e. The molecular weight excluding hydrogens is 350 g/mol. The van der Waals surface area contributed by atoms with Gasteiger partial charge in [0.1, 0.15) is 11.1 Å². The number of rotatable bonds is 5. The molecule has 0 radical (unpaired) electrons. The second-order valence-electron chi connectivity index (χ2n) is 8.91. The number of carbonyl (C=O) groups is 3. The van der Waals surface area contributed by atoms with Crippen molar-refractivity contribution in [2.45, 2.75) is 76.7 Å². The van der Waals surface area contributed by atoms with Crippen LogP contribution in [-0.2, 0) is 14.3 Å². The first-order chi connectivity index (χ1) is 12.4. The second kappa shape index (κ2) is 7.66. The average Bonchev–Trinajstić information content (AvgIpc) is 2.93. The molecule has 3 amide bonds. The summed E-state index contributed by atoms with van der Waals surface area (Å²) in [4.78, 5) is 40.5. The molecule has 0 bridgehead atoms. The van der Waals surface area contributed by atoms with Crippen LogP contribution in [0.25, 0.3) is 0 Å². The van der Waals surface area contributed by atoms with E-state index in [0.717, 1.165) is 0 Å². The van der Waals surface area contributed by atoms with Crippen molar-refractivity contribution in [2.75, 3.05) is 20.6 Å². The molecule has 27 heavy (non-hydrogen) atoms. The third-order valence-corrected chi connectivity index (χ3v) is 5.42. The van der Waals surface area contributed by atoms with Crippen LogP contribution >= 0.6 is 0 Å². The van der Waals surface area contributed by atoms with E-state index >= 15 is 0 Å². The molecule has 154 valence electrons. The highest BCUT2D eigenvalue weighted by Crippen LogP contribution is 2.41. The van der Waals surface area contributed by atoms with Crippen molar-refractivity contribution in [3.05, 3.63) is 0 Å². The van der Waals surface area contributed by atoms with Crippen molar-refractivity contribution in [1.82, 2.24) is 15.1 Å². The fraction of sp³-hybridized carbons (Fsp3) is 0.842. The molecule has 2 N–H and O–H groups in total. The lowest BCUT2D eigenvalue weighted by atomic mass is 9.88. The van der Waals surface area contributed by atoms with E-state index in [-0.39, 0.29) is 17.9 Å². The molecule has 0 aromatic carbocycles. The quantitative estimate of drug-likeness (QED) is 0.693. The number of hydrogen-bond donors (Lipinski definition) is 2. The zero-order valence-corrected chi connectivity index (χ0v) is 17.2. The molecule has 0 saturated carbocycles. The van der Waals surface area contributed by atoms with Gasteiger partial charge in [-0.2, -0.15) is 0 Å². The van der Waals surface area contributed by atoms with Crippen LogP contribution in [0.1, 0.15) is 53.4 Å². The van der Waals surface area contributed by atoms with E-state index in [1.165, 1.54) is 4.90 Å². The molecule has 2 saturated heterocycles. The van der Waals surface area contributed by atoms with Gasteiger partial charge in [-0.05, 0) is 53.4 Å². The Morgan fingerprint density at radius 2 is 2.04 bits per heavy atom. The van der Waals surface area contributed by atoms with Crippen LogP contribution in [0.3, 0.4) is 0 Å². The molecule has 2 fully saturated rings. The first-order valence-electron chi connectivity index (χ1n) is 9.59. The minimum Gasteiger partial charge on any atom is -0.444 e. The summed E-state index contributed by atoms with van der Waals surface area (Å²) in [5.74, 6) is -0.817. The number of likely N-dealkylation sites (tertiary alicyclic amines) is 1. The summed E-state index contributed by atoms with van der Waals surface area (Å²) in [6.45, 7) is 7.42. The number of hydrogen-bond acceptors (Lipinski definition) is 5. The van der Waals surface area contributed by atoms with E-state index in [2.05, 4.69) is 5.32 Å². The Morgan fingerprint density at radius 3 is 2.44 bits per heavy atom. The van der Waals surface area contributed by atoms with Gasteiger partial charge < -0.3 is 20.1 Å². The molecular formula is C19H33N3O5. The molecule has 0 aliphatic carbocycles. The average molecular weight is 383 g/mol. The lowest BCUT2D eigenvalue weighted by molar-refractivity contribution is -0.142. The molecule has 4 atom stereocenters. The van der Waals surface area contributed by atoms with Crippen molar-refractivity contribution in [3.63, 3.8) is 0 Å². The number of nitrogens with zero attached hydrogens (tertiary/aromatic N) is 2. The predicted molar refractivity (Wildman–Crippen MR) is 99.9 cm³/mol. The fourth-order valence-electron chi connectivity index (χ4n) is 3.95. The Labute approximate surface area is 161 Å². The highest BCUT2D eigenvalue weighted by molar-refractivity contribution is 5.96. The van der Waals surface area contributed by atoms with Crippen LogP contribution in [-0.4, -0.2) is 76.7 Å². The summed E-state index contributed by atoms with van der Waals surface area (Å²) in [6, 6.07) is -0.192. The summed E-state index contributed by atoms with van der Waals surface area (Å²) < 4.78 is 5.55. The normalized spacial score (nSPS) is 27.0. The predicted octanol–water partition coefficient (Wildman–Crippen LogP) is 1.12. The van der Waals surface area contributed by atoms with Crippen molar-refractivity contribution in [3.8, 4) is 0 Å². The number of β-lactam (4-membered cyclic amide) rings is 1. The maximum Gasteiger partial charge on any atom is 0.411 e. The van der Waals surface area contributed by atoms with E-state index < -0.39 is 29.3 Å². The van der Waals surface area contributed by atoms with Crippen LogP contribution in [0, 0.1) is 5.92 Å². The van der Waals surface area contributed by atoms with Gasteiger partial charge in [0.15, 0.2) is 0 Å². The van der Waals surface area contributed by atoms with Gasteiger partial charge in [0.05, 0.1) is 18.6 Å². The molecule has 1 spiro atoms. The van der Waals surface area contributed by atoms with E-state index in [1.807, 2.05) is 0 Å². The lowest BCUT2D eigenvalue weighted by Gasteiger charge is -2.46. The first kappa shape index (κ1) is 21.5. The maximum absolute atomic E-state index is 12.8. The summed E-state index contributed by atoms with van der Waals surface area (Å²) >= 11 is 0. The Morgan fingerprint density at radius 1 is 1.41 bits per heavy atom. The number of aliphatic hydroxyl groups is 1. The van der Waals surface area contributed by atoms with Crippen LogP contribution in [0.5, 0.6) is 0 Å². The van der Waals surface area contributed by atoms with Gasteiger partial charge in [0, 0.05) is 20.1 Å². The molecule has 0 aromatic heterocycles. The standard InChI is InChI=1S/C19H33N3O5/c1-12(23)14(15(24)21(5)6)8-7-13-9-10-19(11-20-16(19)25)22(13)17(26)27-18(2,3)4/h12-14,23H,7-11H2,1-6H3,(H,20,25)/t12-,13?,14+,19?/m1/s1. The zero-order valence-electron chi connectivity index (χ0n) is 17.2. The number of aliphatic hydroxyl groups excluding tert-OH is 1. The number of amides is 3. The van der Waals surface area contributed by atoms with Gasteiger partial charge in [-0.25, -0.2) is 4.79 Å². The molecule has 8 nitrogen and oxygen atoms in total. The molecule has 2 aliphatic rings. The summed E-state index contributed by atoms with van der Waals surface area (Å²) in [6.07, 6.45) is 0.961. The summed E-state index contributed by atoms with van der Waals surface area (Å²) in [7, 11) is 3.32. The summed E-state index contributed by atoms with van der Waals surface area (Å²) in [5, 5.41) is 12.8. The van der Waals surface area contributed by atoms with Crippen LogP contribution in [0.2, 0.25) is 0 Å². The largest absolute Gasteiger partial charge is 0.444 e. The van der Waals surface area contributed by atoms with Crippen molar-refractivity contribution in [1.29, 1.82) is 0 Å². The SMILES string of the molecule is C[C@@H](O)[C@H](CCC1CCC2(CNC2=O)N1C(=O)OC(C)(C)C)C(=O)N(C)C. The molecule has 8 heteroatoms. The monoisotopic (exact) mass is 383 g/mol. The third kappa shape index (κ3) is 4.36. The Kier molecular flexibility index (Phi) is 6.09. The van der Waals surface area contributed by atoms with Gasteiger partial charge in [-0.15, -0.1) is 0 Å². The van der Waals surface area contributed by atoms with Crippen LogP contribution in [0.4, 0.5) is 4.79 Å². The van der Waals surface area contributed by atoms with Crippen molar-refractivity contribution in [2.24, 2.45) is 5.92 Å². The van der Waals surface area contributed by atoms with E-state index in [1.54, 1.807) is 46.7 Å². The highest BCUT2D eigenvalue weighted by Gasteiger charge is 2.59. The van der Waals surface area contributed by atoms with Gasteiger partial charge in [0.25, 0.3) is 0 Å². The van der Waals surface area contributed by atoms with Crippen molar-refractivity contribution < 1.29 is 24.2 Å². The van der Waals surface area contributed by atoms with Gasteiger partial charge in [-0.1, -0.05) is 0 Å². The Hall–Kier alpha value is -1.83. The minimum atomic E-state index is -0.834. The van der Waals surface area contributed by atoms with Gasteiger partial charge >= 0.3 is 6.09 Å². The highest BCUT2D eigenvalue weighted by atomic mass is 16.6. The minimum absolute atomic E-state index is 0.136. The number of nitrogens with one attached hydrogen (secondary N) is 1. The Balaban J connectivity index is 2.15. The van der Waals surface area contributed by atoms with E-state index in [4.69, 9.17) is 4.74 Å².